The van der Waals surface area contributed by atoms with E-state index in [9.17, 15) is 22.4 Å². The molecule has 0 spiro atoms. The van der Waals surface area contributed by atoms with Gasteiger partial charge in [0, 0.05) is 18.3 Å². The molecule has 4 aromatic rings. The molecular formula is C22H22F4N8O3. The lowest BCUT2D eigenvalue weighted by Crippen LogP contribution is -2.50. The van der Waals surface area contributed by atoms with E-state index >= 15 is 0 Å². The Labute approximate surface area is 206 Å². The fraction of sp³-hybridized carbons (Fsp3) is 0.409. The minimum Gasteiger partial charge on any atom is -0.479 e. The second-order valence-corrected chi connectivity index (χ2v) is 8.59. The number of halogens is 4. The highest BCUT2D eigenvalue weighted by molar-refractivity contribution is 5.89. The van der Waals surface area contributed by atoms with Gasteiger partial charge in [-0.05, 0) is 30.2 Å². The highest BCUT2D eigenvalue weighted by atomic mass is 19.4. The maximum Gasteiger partial charge on any atom is 0.408 e. The number of likely N-dealkylation sites (tertiary alicyclic amines) is 1. The van der Waals surface area contributed by atoms with E-state index in [0.29, 0.717) is 22.2 Å². The van der Waals surface area contributed by atoms with Crippen molar-refractivity contribution in [1.29, 1.82) is 0 Å². The summed E-state index contributed by atoms with van der Waals surface area (Å²) in [6.07, 6.45) is -3.95. The summed E-state index contributed by atoms with van der Waals surface area (Å²) < 4.78 is 61.3. The quantitative estimate of drug-likeness (QED) is 0.369. The van der Waals surface area contributed by atoms with Gasteiger partial charge in [-0.1, -0.05) is 11.3 Å². The third-order valence-corrected chi connectivity index (χ3v) is 6.17. The van der Waals surface area contributed by atoms with Crippen molar-refractivity contribution in [2.75, 3.05) is 32.1 Å². The normalized spacial score (nSPS) is 18.5. The molecule has 3 aromatic heterocycles. The standard InChI is InChI=1S/C22H22F4N8O3/c1-37-20-19-13(12-2-3-16-17(8-12)34(31-29-16)11-22(24,25)26)4-7-33(19)30-21(28-20)27-15-5-6-32(9-14(15)23)18(36)10-35/h2-4,7-8,14-15,35H,5-6,9-11H2,1H3,(H,27,30)/t14-,15+/m1/s1. The van der Waals surface area contributed by atoms with Crippen molar-refractivity contribution in [3.05, 3.63) is 30.5 Å². The van der Waals surface area contributed by atoms with Crippen molar-refractivity contribution in [2.24, 2.45) is 0 Å². The topological polar surface area (TPSA) is 123 Å². The molecule has 11 nitrogen and oxygen atoms in total. The number of hydrogen-bond acceptors (Lipinski definition) is 8. The summed E-state index contributed by atoms with van der Waals surface area (Å²) in [6, 6.07) is 5.88. The van der Waals surface area contributed by atoms with Crippen LogP contribution in [0.2, 0.25) is 0 Å². The Morgan fingerprint density at radius 1 is 1.30 bits per heavy atom. The predicted octanol–water partition coefficient (Wildman–Crippen LogP) is 2.06. The number of aliphatic hydroxyl groups excluding tert-OH is 1. The van der Waals surface area contributed by atoms with Crippen LogP contribution in [0.15, 0.2) is 30.5 Å². The van der Waals surface area contributed by atoms with Crippen LogP contribution < -0.4 is 10.1 Å². The van der Waals surface area contributed by atoms with Gasteiger partial charge < -0.3 is 20.1 Å². The number of rotatable bonds is 6. The van der Waals surface area contributed by atoms with Crippen LogP contribution in [-0.4, -0.2) is 90.7 Å². The van der Waals surface area contributed by atoms with E-state index in [1.807, 2.05) is 0 Å². The summed E-state index contributed by atoms with van der Waals surface area (Å²) in [5.41, 5.74) is 2.17. The van der Waals surface area contributed by atoms with E-state index in [1.54, 1.807) is 30.5 Å². The molecule has 0 radical (unpaired) electrons. The van der Waals surface area contributed by atoms with Crippen LogP contribution in [0.3, 0.4) is 0 Å². The van der Waals surface area contributed by atoms with Crippen LogP contribution in [0.5, 0.6) is 5.88 Å². The van der Waals surface area contributed by atoms with Gasteiger partial charge in [0.1, 0.15) is 30.4 Å². The third-order valence-electron chi connectivity index (χ3n) is 6.17. The average molecular weight is 522 g/mol. The van der Waals surface area contributed by atoms with E-state index in [-0.39, 0.29) is 36.9 Å². The fourth-order valence-corrected chi connectivity index (χ4v) is 4.41. The van der Waals surface area contributed by atoms with Crippen molar-refractivity contribution in [1.82, 2.24) is 34.5 Å². The number of ether oxygens (including phenoxy) is 1. The number of alkyl halides is 4. The van der Waals surface area contributed by atoms with Crippen LogP contribution in [0.25, 0.3) is 27.7 Å². The molecule has 5 rings (SSSR count). The van der Waals surface area contributed by atoms with Gasteiger partial charge in [-0.25, -0.2) is 13.6 Å². The van der Waals surface area contributed by atoms with Gasteiger partial charge in [0.25, 0.3) is 0 Å². The van der Waals surface area contributed by atoms with Crippen LogP contribution in [0.4, 0.5) is 23.5 Å². The number of carbonyl (C=O) groups excluding carboxylic acids is 1. The number of anilines is 1. The van der Waals surface area contributed by atoms with Gasteiger partial charge in [0.2, 0.25) is 17.7 Å². The average Bonchev–Trinajstić information content (AvgIpc) is 3.47. The van der Waals surface area contributed by atoms with Gasteiger partial charge in [-0.3, -0.25) is 4.79 Å². The molecule has 2 N–H and O–H groups in total. The number of hydrogen-bond donors (Lipinski definition) is 2. The third kappa shape index (κ3) is 4.85. The first-order valence-corrected chi connectivity index (χ1v) is 11.3. The molecule has 0 saturated carbocycles. The number of nitrogens with zero attached hydrogens (tertiary/aromatic N) is 7. The van der Waals surface area contributed by atoms with Crippen LogP contribution >= 0.6 is 0 Å². The molecule has 196 valence electrons. The van der Waals surface area contributed by atoms with Gasteiger partial charge in [0.05, 0.1) is 25.2 Å². The van der Waals surface area contributed by atoms with Gasteiger partial charge >= 0.3 is 6.18 Å². The predicted molar refractivity (Wildman–Crippen MR) is 123 cm³/mol. The Morgan fingerprint density at radius 2 is 2.11 bits per heavy atom. The zero-order chi connectivity index (χ0) is 26.3. The number of benzene rings is 1. The van der Waals surface area contributed by atoms with E-state index in [4.69, 9.17) is 9.84 Å². The Bertz CT molecular complexity index is 1450. The number of aromatic nitrogens is 6. The van der Waals surface area contributed by atoms with Crippen molar-refractivity contribution < 1.29 is 32.2 Å². The van der Waals surface area contributed by atoms with E-state index in [1.165, 1.54) is 16.5 Å². The van der Waals surface area contributed by atoms with Crippen molar-refractivity contribution >= 4 is 28.4 Å². The van der Waals surface area contributed by atoms with Crippen molar-refractivity contribution in [2.45, 2.75) is 31.4 Å². The molecule has 1 aliphatic rings. The molecule has 0 unspecified atom stereocenters. The Balaban J connectivity index is 1.44. The number of carbonyl (C=O) groups is 1. The molecule has 4 heterocycles. The van der Waals surface area contributed by atoms with Crippen molar-refractivity contribution in [3.63, 3.8) is 0 Å². The first kappa shape index (κ1) is 24.7. The zero-order valence-corrected chi connectivity index (χ0v) is 19.5. The monoisotopic (exact) mass is 522 g/mol. The minimum absolute atomic E-state index is 0.101. The summed E-state index contributed by atoms with van der Waals surface area (Å²) in [5.74, 6) is -0.262. The molecule has 1 fully saturated rings. The lowest BCUT2D eigenvalue weighted by Gasteiger charge is -2.34. The molecular weight excluding hydrogens is 500 g/mol. The molecule has 1 amide bonds. The SMILES string of the molecule is COc1nc(N[C@H]2CCN(C(=O)CO)C[C@H]2F)nn2ccc(-c3ccc4nnn(CC(F)(F)F)c4c3)c12. The summed E-state index contributed by atoms with van der Waals surface area (Å²) >= 11 is 0. The minimum atomic E-state index is -4.45. The number of fused-ring (bicyclic) bond motifs is 2. The molecule has 1 aliphatic heterocycles. The number of aliphatic hydroxyl groups is 1. The second-order valence-electron chi connectivity index (χ2n) is 8.59. The summed E-state index contributed by atoms with van der Waals surface area (Å²) in [5, 5.41) is 23.8. The van der Waals surface area contributed by atoms with E-state index < -0.39 is 37.4 Å². The highest BCUT2D eigenvalue weighted by Crippen LogP contribution is 2.33. The fourth-order valence-electron chi connectivity index (χ4n) is 4.41. The van der Waals surface area contributed by atoms with Gasteiger partial charge in [0.15, 0.2) is 0 Å². The Kier molecular flexibility index (Phi) is 6.31. The first-order valence-electron chi connectivity index (χ1n) is 11.3. The van der Waals surface area contributed by atoms with E-state index in [0.717, 1.165) is 4.68 Å². The van der Waals surface area contributed by atoms with Crippen LogP contribution in [0, 0.1) is 0 Å². The summed E-state index contributed by atoms with van der Waals surface area (Å²) in [4.78, 5) is 17.3. The van der Waals surface area contributed by atoms with Crippen LogP contribution in [0.1, 0.15) is 6.42 Å². The van der Waals surface area contributed by atoms with E-state index in [2.05, 4.69) is 25.7 Å². The Morgan fingerprint density at radius 3 is 2.81 bits per heavy atom. The smallest absolute Gasteiger partial charge is 0.408 e. The number of nitrogens with one attached hydrogen (secondary N) is 1. The molecule has 0 bridgehead atoms. The zero-order valence-electron chi connectivity index (χ0n) is 19.5. The summed E-state index contributed by atoms with van der Waals surface area (Å²) in [6.45, 7) is -1.83. The number of methoxy groups -OCH3 is 1. The molecule has 2 atom stereocenters. The summed E-state index contributed by atoms with van der Waals surface area (Å²) in [7, 11) is 1.41. The van der Waals surface area contributed by atoms with Gasteiger partial charge in [-0.2, -0.15) is 18.2 Å². The molecule has 37 heavy (non-hydrogen) atoms. The molecule has 0 aliphatic carbocycles. The molecule has 15 heteroatoms. The molecule has 1 aromatic carbocycles. The second kappa shape index (κ2) is 9.46. The maximum atomic E-state index is 14.7. The largest absolute Gasteiger partial charge is 0.479 e. The van der Waals surface area contributed by atoms with Crippen LogP contribution in [-0.2, 0) is 11.3 Å². The maximum absolute atomic E-state index is 14.7. The number of amides is 1. The highest BCUT2D eigenvalue weighted by Gasteiger charge is 2.32. The number of piperidine rings is 1. The Hall–Kier alpha value is -4.01. The first-order chi connectivity index (χ1) is 17.7. The van der Waals surface area contributed by atoms with Crippen molar-refractivity contribution in [3.8, 4) is 17.0 Å². The lowest BCUT2D eigenvalue weighted by molar-refractivity contribution is -0.142. The molecule has 1 saturated heterocycles. The van der Waals surface area contributed by atoms with Gasteiger partial charge in [-0.15, -0.1) is 10.2 Å². The lowest BCUT2D eigenvalue weighted by atomic mass is 10.0.